The van der Waals surface area contributed by atoms with Gasteiger partial charge < -0.3 is 18.8 Å². The third-order valence-corrected chi connectivity index (χ3v) is 4.81. The molecule has 0 aliphatic carbocycles. The second-order valence-corrected chi connectivity index (χ2v) is 6.90. The lowest BCUT2D eigenvalue weighted by molar-refractivity contribution is -0.140. The van der Waals surface area contributed by atoms with Gasteiger partial charge in [0, 0.05) is 5.82 Å². The summed E-state index contributed by atoms with van der Waals surface area (Å²) in [5, 5.41) is 0. The first kappa shape index (κ1) is 18.7. The minimum absolute atomic E-state index is 0.00681. The molecule has 1 saturated heterocycles. The maximum Gasteiger partial charge on any atom is 0.466 e. The van der Waals surface area contributed by atoms with Crippen molar-refractivity contribution in [2.24, 2.45) is 0 Å². The predicted molar refractivity (Wildman–Crippen MR) is 88.4 cm³/mol. The quantitative estimate of drug-likeness (QED) is 0.610. The van der Waals surface area contributed by atoms with Crippen molar-refractivity contribution in [2.75, 3.05) is 14.2 Å². The molecule has 0 N–H and O–H groups in total. The van der Waals surface area contributed by atoms with Crippen molar-refractivity contribution in [3.05, 3.63) is 29.6 Å². The van der Waals surface area contributed by atoms with Gasteiger partial charge in [-0.1, -0.05) is 0 Å². The molecule has 1 heterocycles. The molecule has 0 radical (unpaired) electrons. The largest absolute Gasteiger partial charge is 0.496 e. The number of rotatable bonds is 5. The van der Waals surface area contributed by atoms with E-state index in [9.17, 15) is 9.18 Å². The van der Waals surface area contributed by atoms with Crippen molar-refractivity contribution in [1.82, 2.24) is 0 Å². The number of benzene rings is 1. The van der Waals surface area contributed by atoms with E-state index >= 15 is 0 Å². The van der Waals surface area contributed by atoms with Gasteiger partial charge in [0.25, 0.3) is 0 Å². The van der Waals surface area contributed by atoms with Gasteiger partial charge in [-0.05, 0) is 51.5 Å². The average molecular weight is 338 g/mol. The molecule has 1 atom stereocenters. The first-order valence-electron chi connectivity index (χ1n) is 7.87. The third kappa shape index (κ3) is 3.57. The summed E-state index contributed by atoms with van der Waals surface area (Å²) >= 11 is 0. The van der Waals surface area contributed by atoms with Crippen LogP contribution in [0.1, 0.15) is 45.5 Å². The summed E-state index contributed by atoms with van der Waals surface area (Å²) in [4.78, 5) is 11.9. The van der Waals surface area contributed by atoms with Crippen LogP contribution >= 0.6 is 0 Å². The zero-order valence-corrected chi connectivity index (χ0v) is 15.0. The van der Waals surface area contributed by atoms with E-state index < -0.39 is 35.9 Å². The van der Waals surface area contributed by atoms with E-state index in [0.29, 0.717) is 11.3 Å². The smallest absolute Gasteiger partial charge is 0.466 e. The molecule has 7 heteroatoms. The minimum atomic E-state index is -0.718. The Kier molecular flexibility index (Phi) is 5.25. The molecule has 132 valence electrons. The topological polar surface area (TPSA) is 54.0 Å². The van der Waals surface area contributed by atoms with Gasteiger partial charge in [-0.15, -0.1) is 0 Å². The highest BCUT2D eigenvalue weighted by atomic mass is 19.1. The van der Waals surface area contributed by atoms with Crippen molar-refractivity contribution in [3.8, 4) is 5.75 Å². The van der Waals surface area contributed by atoms with Gasteiger partial charge in [0.05, 0.1) is 31.8 Å². The number of carbonyl (C=O) groups excluding carboxylic acids is 1. The molecular weight excluding hydrogens is 314 g/mol. The molecule has 1 unspecified atom stereocenters. The van der Waals surface area contributed by atoms with Gasteiger partial charge in [0.15, 0.2) is 0 Å². The number of hydrogen-bond acceptors (Lipinski definition) is 5. The van der Waals surface area contributed by atoms with Gasteiger partial charge in [-0.3, -0.25) is 4.79 Å². The molecular formula is C17H24BFO5. The molecule has 5 nitrogen and oxygen atoms in total. The molecule has 0 spiro atoms. The van der Waals surface area contributed by atoms with E-state index in [0.717, 1.165) is 0 Å². The zero-order valence-electron chi connectivity index (χ0n) is 15.0. The molecule has 1 aromatic rings. The Morgan fingerprint density at radius 1 is 1.21 bits per heavy atom. The predicted octanol–water partition coefficient (Wildman–Crippen LogP) is 3.11. The van der Waals surface area contributed by atoms with Crippen LogP contribution < -0.4 is 4.74 Å². The lowest BCUT2D eigenvalue weighted by Gasteiger charge is -2.32. The first-order valence-corrected chi connectivity index (χ1v) is 7.87. The first-order chi connectivity index (χ1) is 11.1. The summed E-state index contributed by atoms with van der Waals surface area (Å²) in [5.74, 6) is -0.928. The van der Waals surface area contributed by atoms with Crippen LogP contribution in [-0.4, -0.2) is 38.5 Å². The SMILES string of the molecule is COC(=O)CC(B1OC(C)(C)C(C)(C)O1)c1cc(F)ccc1OC. The van der Waals surface area contributed by atoms with Crippen LogP contribution in [0, 0.1) is 5.82 Å². The highest BCUT2D eigenvalue weighted by Gasteiger charge is 2.54. The Labute approximate surface area is 142 Å². The fourth-order valence-electron chi connectivity index (χ4n) is 2.66. The molecule has 1 fully saturated rings. The van der Waals surface area contributed by atoms with Crippen LogP contribution in [0.3, 0.4) is 0 Å². The number of ether oxygens (including phenoxy) is 2. The summed E-state index contributed by atoms with van der Waals surface area (Å²) in [5.41, 5.74) is -0.611. The summed E-state index contributed by atoms with van der Waals surface area (Å²) in [7, 11) is 2.09. The zero-order chi connectivity index (χ0) is 18.1. The second-order valence-electron chi connectivity index (χ2n) is 6.90. The van der Waals surface area contributed by atoms with Gasteiger partial charge >= 0.3 is 13.1 Å². The van der Waals surface area contributed by atoms with Crippen LogP contribution in [-0.2, 0) is 18.8 Å². The lowest BCUT2D eigenvalue weighted by atomic mass is 9.66. The molecule has 0 bridgehead atoms. The second kappa shape index (κ2) is 6.72. The highest BCUT2D eigenvalue weighted by molar-refractivity contribution is 6.48. The number of carbonyl (C=O) groups is 1. The van der Waals surface area contributed by atoms with Crippen LogP contribution in [0.4, 0.5) is 4.39 Å². The Morgan fingerprint density at radius 2 is 1.79 bits per heavy atom. The van der Waals surface area contributed by atoms with E-state index in [1.54, 1.807) is 0 Å². The monoisotopic (exact) mass is 338 g/mol. The molecule has 0 amide bonds. The van der Waals surface area contributed by atoms with Crippen molar-refractivity contribution >= 4 is 13.1 Å². The summed E-state index contributed by atoms with van der Waals surface area (Å²) in [6, 6.07) is 4.18. The Balaban J connectivity index is 2.44. The molecule has 0 aromatic heterocycles. The van der Waals surface area contributed by atoms with Crippen molar-refractivity contribution < 1.29 is 28.0 Å². The van der Waals surface area contributed by atoms with E-state index in [-0.39, 0.29) is 6.42 Å². The Morgan fingerprint density at radius 3 is 2.29 bits per heavy atom. The molecule has 24 heavy (non-hydrogen) atoms. The number of esters is 1. The minimum Gasteiger partial charge on any atom is -0.496 e. The van der Waals surface area contributed by atoms with Crippen molar-refractivity contribution in [3.63, 3.8) is 0 Å². The van der Waals surface area contributed by atoms with Crippen molar-refractivity contribution in [2.45, 2.75) is 51.1 Å². The van der Waals surface area contributed by atoms with Crippen molar-refractivity contribution in [1.29, 1.82) is 0 Å². The molecule has 0 saturated carbocycles. The van der Waals surface area contributed by atoms with Crippen LogP contribution in [0.2, 0.25) is 0 Å². The summed E-state index contributed by atoms with van der Waals surface area (Å²) < 4.78 is 36.0. The molecule has 1 aromatic carbocycles. The number of hydrogen-bond donors (Lipinski definition) is 0. The number of methoxy groups -OCH3 is 2. The number of halogens is 1. The highest BCUT2D eigenvalue weighted by Crippen LogP contribution is 2.43. The van der Waals surface area contributed by atoms with E-state index in [1.807, 2.05) is 27.7 Å². The average Bonchev–Trinajstić information content (AvgIpc) is 2.72. The maximum atomic E-state index is 13.8. The van der Waals surface area contributed by atoms with Gasteiger partial charge in [-0.2, -0.15) is 0 Å². The van der Waals surface area contributed by atoms with E-state index in [4.69, 9.17) is 18.8 Å². The standard InChI is InChI=1S/C17H24BFO5/c1-16(2)17(3,4)24-18(23-16)13(10-15(20)22-6)12-9-11(19)7-8-14(12)21-5/h7-9,13H,10H2,1-6H3. The summed E-state index contributed by atoms with van der Waals surface area (Å²) in [6.07, 6.45) is -0.00681. The van der Waals surface area contributed by atoms with Crippen LogP contribution in [0.25, 0.3) is 0 Å². The van der Waals surface area contributed by atoms with Gasteiger partial charge in [0.1, 0.15) is 11.6 Å². The summed E-state index contributed by atoms with van der Waals surface area (Å²) in [6.45, 7) is 7.69. The molecule has 2 rings (SSSR count). The third-order valence-electron chi connectivity index (χ3n) is 4.81. The molecule has 1 aliphatic heterocycles. The maximum absolute atomic E-state index is 13.8. The normalized spacial score (nSPS) is 19.9. The molecule has 1 aliphatic rings. The fraction of sp³-hybridized carbons (Fsp3) is 0.588. The Bertz CT molecular complexity index is 601. The van der Waals surface area contributed by atoms with Gasteiger partial charge in [0.2, 0.25) is 0 Å². The van der Waals surface area contributed by atoms with E-state index in [2.05, 4.69) is 0 Å². The Hall–Kier alpha value is -1.60. The fourth-order valence-corrected chi connectivity index (χ4v) is 2.66. The van der Waals surface area contributed by atoms with Gasteiger partial charge in [-0.25, -0.2) is 4.39 Å². The van der Waals surface area contributed by atoms with Crippen LogP contribution in [0.15, 0.2) is 18.2 Å². The lowest BCUT2D eigenvalue weighted by Crippen LogP contribution is -2.41. The van der Waals surface area contributed by atoms with E-state index in [1.165, 1.54) is 32.4 Å². The van der Waals surface area contributed by atoms with Crippen LogP contribution in [0.5, 0.6) is 5.75 Å².